The van der Waals surface area contributed by atoms with E-state index in [9.17, 15) is 0 Å². The van der Waals surface area contributed by atoms with Gasteiger partial charge in [-0.2, -0.15) is 0 Å². The molecule has 1 aromatic heterocycles. The Labute approximate surface area is 117 Å². The summed E-state index contributed by atoms with van der Waals surface area (Å²) in [6.45, 7) is 5.92. The highest BCUT2D eigenvalue weighted by Gasteiger charge is 2.17. The first-order valence-electron chi connectivity index (χ1n) is 6.31. The molecule has 17 heavy (non-hydrogen) atoms. The fraction of sp³-hybridized carbons (Fsp3) is 0.692. The molecule has 4 heteroatoms. The molecule has 0 radical (unpaired) electrons. The lowest BCUT2D eigenvalue weighted by Gasteiger charge is -2.29. The number of nitrogens with one attached hydrogen (secondary N) is 1. The van der Waals surface area contributed by atoms with Crippen molar-refractivity contribution >= 4 is 27.3 Å². The second kappa shape index (κ2) is 6.32. The van der Waals surface area contributed by atoms with Crippen molar-refractivity contribution < 1.29 is 0 Å². The molecule has 1 aliphatic rings. The van der Waals surface area contributed by atoms with Gasteiger partial charge in [-0.1, -0.05) is 0 Å². The summed E-state index contributed by atoms with van der Waals surface area (Å²) in [4.78, 5) is 3.85. The molecule has 1 N–H and O–H groups in total. The summed E-state index contributed by atoms with van der Waals surface area (Å²) in [7, 11) is 2.22. The first kappa shape index (κ1) is 13.5. The van der Waals surface area contributed by atoms with E-state index in [0.29, 0.717) is 6.04 Å². The molecule has 2 rings (SSSR count). The predicted octanol–water partition coefficient (Wildman–Crippen LogP) is 3.50. The van der Waals surface area contributed by atoms with E-state index in [1.54, 1.807) is 0 Å². The molecule has 1 fully saturated rings. The Bertz CT molecular complexity index is 345. The standard InChI is InChI=1S/C13H21BrN2S/c1-10(13-7-12(14)9-17-13)15-8-11-3-5-16(2)6-4-11/h7,9-11,15H,3-6,8H2,1-2H3. The smallest absolute Gasteiger partial charge is 0.0386 e. The average Bonchev–Trinajstić information content (AvgIpc) is 2.75. The molecule has 1 unspecified atom stereocenters. The maximum absolute atomic E-state index is 3.67. The van der Waals surface area contributed by atoms with Crippen LogP contribution in [0.15, 0.2) is 15.9 Å². The number of hydrogen-bond acceptors (Lipinski definition) is 3. The van der Waals surface area contributed by atoms with E-state index in [-0.39, 0.29) is 0 Å². The molecule has 96 valence electrons. The quantitative estimate of drug-likeness (QED) is 0.914. The Balaban J connectivity index is 1.74. The highest BCUT2D eigenvalue weighted by atomic mass is 79.9. The fourth-order valence-corrected chi connectivity index (χ4v) is 3.74. The number of nitrogens with zero attached hydrogens (tertiary/aromatic N) is 1. The maximum atomic E-state index is 3.67. The van der Waals surface area contributed by atoms with Crippen LogP contribution in [0, 0.1) is 5.92 Å². The molecular formula is C13H21BrN2S. The van der Waals surface area contributed by atoms with Gasteiger partial charge in [-0.15, -0.1) is 11.3 Å². The third-order valence-electron chi connectivity index (χ3n) is 3.57. The molecule has 2 nitrogen and oxygen atoms in total. The van der Waals surface area contributed by atoms with Gasteiger partial charge in [-0.25, -0.2) is 0 Å². The Morgan fingerprint density at radius 1 is 1.53 bits per heavy atom. The maximum Gasteiger partial charge on any atom is 0.0386 e. The summed E-state index contributed by atoms with van der Waals surface area (Å²) in [6, 6.07) is 2.70. The fourth-order valence-electron chi connectivity index (χ4n) is 2.27. The van der Waals surface area contributed by atoms with Gasteiger partial charge < -0.3 is 10.2 Å². The van der Waals surface area contributed by atoms with Crippen molar-refractivity contribution in [1.29, 1.82) is 0 Å². The van der Waals surface area contributed by atoms with E-state index in [2.05, 4.69) is 51.6 Å². The van der Waals surface area contributed by atoms with Gasteiger partial charge in [-0.05, 0) is 74.4 Å². The van der Waals surface area contributed by atoms with Crippen LogP contribution in [-0.2, 0) is 0 Å². The van der Waals surface area contributed by atoms with Crippen LogP contribution in [0.1, 0.15) is 30.7 Å². The first-order valence-corrected chi connectivity index (χ1v) is 7.98. The Hall–Kier alpha value is 0.1000. The number of piperidine rings is 1. The van der Waals surface area contributed by atoms with Crippen LogP contribution in [-0.4, -0.2) is 31.6 Å². The van der Waals surface area contributed by atoms with Gasteiger partial charge >= 0.3 is 0 Å². The summed E-state index contributed by atoms with van der Waals surface area (Å²) >= 11 is 5.34. The third kappa shape index (κ3) is 4.05. The van der Waals surface area contributed by atoms with Crippen molar-refractivity contribution in [1.82, 2.24) is 10.2 Å². The first-order chi connectivity index (χ1) is 8.15. The van der Waals surface area contributed by atoms with Crippen LogP contribution in [0.4, 0.5) is 0 Å². The van der Waals surface area contributed by atoms with Crippen LogP contribution in [0.3, 0.4) is 0 Å². The minimum Gasteiger partial charge on any atom is -0.309 e. The Morgan fingerprint density at radius 2 is 2.24 bits per heavy atom. The number of rotatable bonds is 4. The predicted molar refractivity (Wildman–Crippen MR) is 78.7 cm³/mol. The highest BCUT2D eigenvalue weighted by Crippen LogP contribution is 2.25. The second-order valence-corrected chi connectivity index (χ2v) is 6.90. The van der Waals surface area contributed by atoms with E-state index in [1.807, 2.05) is 11.3 Å². The zero-order valence-electron chi connectivity index (χ0n) is 10.6. The van der Waals surface area contributed by atoms with Crippen LogP contribution in [0.5, 0.6) is 0 Å². The van der Waals surface area contributed by atoms with E-state index in [0.717, 1.165) is 12.5 Å². The lowest BCUT2D eigenvalue weighted by atomic mass is 9.97. The lowest BCUT2D eigenvalue weighted by molar-refractivity contribution is 0.213. The Kier molecular flexibility index (Phi) is 5.03. The molecule has 0 amide bonds. The van der Waals surface area contributed by atoms with E-state index >= 15 is 0 Å². The van der Waals surface area contributed by atoms with E-state index in [1.165, 1.54) is 35.3 Å². The van der Waals surface area contributed by atoms with Crippen molar-refractivity contribution in [3.63, 3.8) is 0 Å². The number of likely N-dealkylation sites (tertiary alicyclic amines) is 1. The van der Waals surface area contributed by atoms with Crippen LogP contribution in [0.25, 0.3) is 0 Å². The summed E-state index contributed by atoms with van der Waals surface area (Å²) in [5.41, 5.74) is 0. The largest absolute Gasteiger partial charge is 0.309 e. The van der Waals surface area contributed by atoms with Gasteiger partial charge in [0.1, 0.15) is 0 Å². The SMILES string of the molecule is CC(NCC1CCN(C)CC1)c1cc(Br)cs1. The van der Waals surface area contributed by atoms with Gasteiger partial charge in [-0.3, -0.25) is 0 Å². The van der Waals surface area contributed by atoms with Crippen molar-refractivity contribution in [3.8, 4) is 0 Å². The molecule has 1 aliphatic heterocycles. The molecule has 1 saturated heterocycles. The number of hydrogen-bond donors (Lipinski definition) is 1. The van der Waals surface area contributed by atoms with Gasteiger partial charge in [0.2, 0.25) is 0 Å². The molecular weight excluding hydrogens is 296 g/mol. The van der Waals surface area contributed by atoms with E-state index in [4.69, 9.17) is 0 Å². The van der Waals surface area contributed by atoms with Crippen LogP contribution >= 0.6 is 27.3 Å². The van der Waals surface area contributed by atoms with Gasteiger partial charge in [0.05, 0.1) is 0 Å². The van der Waals surface area contributed by atoms with Gasteiger partial charge in [0.15, 0.2) is 0 Å². The molecule has 2 heterocycles. The summed E-state index contributed by atoms with van der Waals surface area (Å²) < 4.78 is 1.20. The Morgan fingerprint density at radius 3 is 2.82 bits per heavy atom. The molecule has 0 aliphatic carbocycles. The van der Waals surface area contributed by atoms with E-state index < -0.39 is 0 Å². The van der Waals surface area contributed by atoms with Crippen molar-refractivity contribution in [2.24, 2.45) is 5.92 Å². The van der Waals surface area contributed by atoms with Gasteiger partial charge in [0, 0.05) is 20.8 Å². The zero-order valence-corrected chi connectivity index (χ0v) is 13.0. The molecule has 0 bridgehead atoms. The monoisotopic (exact) mass is 316 g/mol. The summed E-state index contributed by atoms with van der Waals surface area (Å²) in [5, 5.41) is 5.82. The molecule has 0 spiro atoms. The van der Waals surface area contributed by atoms with Gasteiger partial charge in [0.25, 0.3) is 0 Å². The minimum atomic E-state index is 0.478. The lowest BCUT2D eigenvalue weighted by Crippen LogP contribution is -2.35. The van der Waals surface area contributed by atoms with Crippen molar-refractivity contribution in [2.75, 3.05) is 26.7 Å². The van der Waals surface area contributed by atoms with Crippen molar-refractivity contribution in [2.45, 2.75) is 25.8 Å². The highest BCUT2D eigenvalue weighted by molar-refractivity contribution is 9.10. The summed E-state index contributed by atoms with van der Waals surface area (Å²) in [5.74, 6) is 0.858. The van der Waals surface area contributed by atoms with Crippen LogP contribution in [0.2, 0.25) is 0 Å². The van der Waals surface area contributed by atoms with Crippen LogP contribution < -0.4 is 5.32 Å². The normalized spacial score (nSPS) is 20.6. The molecule has 0 saturated carbocycles. The second-order valence-electron chi connectivity index (χ2n) is 5.04. The number of thiophene rings is 1. The topological polar surface area (TPSA) is 15.3 Å². The third-order valence-corrected chi connectivity index (χ3v) is 5.44. The molecule has 1 atom stereocenters. The molecule has 1 aromatic rings. The number of halogens is 1. The molecule has 0 aromatic carbocycles. The summed E-state index contributed by atoms with van der Waals surface area (Å²) in [6.07, 6.45) is 2.68. The minimum absolute atomic E-state index is 0.478. The zero-order chi connectivity index (χ0) is 12.3. The van der Waals surface area contributed by atoms with Crippen molar-refractivity contribution in [3.05, 3.63) is 20.8 Å². The average molecular weight is 317 g/mol.